The summed E-state index contributed by atoms with van der Waals surface area (Å²) >= 11 is 4.04. The zero-order valence-corrected chi connectivity index (χ0v) is 9.22. The molecule has 0 aromatic carbocycles. The summed E-state index contributed by atoms with van der Waals surface area (Å²) in [6, 6.07) is 0. The molecule has 0 amide bonds. The van der Waals surface area contributed by atoms with E-state index in [0.29, 0.717) is 0 Å². The van der Waals surface area contributed by atoms with E-state index in [4.69, 9.17) is 31.5 Å². The van der Waals surface area contributed by atoms with E-state index in [1.807, 2.05) is 0 Å². The van der Waals surface area contributed by atoms with E-state index >= 15 is 0 Å². The van der Waals surface area contributed by atoms with Crippen LogP contribution in [-0.2, 0) is 0 Å². The van der Waals surface area contributed by atoms with Gasteiger partial charge in [-0.25, -0.2) is 0 Å². The van der Waals surface area contributed by atoms with Gasteiger partial charge in [-0.1, -0.05) is 0 Å². The van der Waals surface area contributed by atoms with Crippen molar-refractivity contribution in [1.29, 1.82) is 0 Å². The molecule has 0 aliphatic rings. The molecule has 0 N–H and O–H groups in total. The van der Waals surface area contributed by atoms with Crippen molar-refractivity contribution in [2.45, 2.75) is 19.8 Å². The van der Waals surface area contributed by atoms with Crippen molar-refractivity contribution >= 4 is 44.3 Å². The number of rotatable bonds is 3. The molecule has 0 saturated heterocycles. The van der Waals surface area contributed by atoms with E-state index in [9.17, 15) is 0 Å². The van der Waals surface area contributed by atoms with E-state index in [0.717, 1.165) is 17.9 Å². The molecule has 0 heterocycles. The van der Waals surface area contributed by atoms with Crippen LogP contribution in [0.15, 0.2) is 9.90 Å². The summed E-state index contributed by atoms with van der Waals surface area (Å²) in [5.41, 5.74) is 0. The van der Waals surface area contributed by atoms with Crippen molar-refractivity contribution in [1.82, 2.24) is 0 Å². The van der Waals surface area contributed by atoms with Gasteiger partial charge in [0, 0.05) is 0 Å². The molecule has 0 rings (SSSR count). The van der Waals surface area contributed by atoms with Crippen molar-refractivity contribution in [3.05, 3.63) is 9.90 Å². The quantitative estimate of drug-likeness (QED) is 0.672. The number of hydrogen-bond donors (Lipinski definition) is 0. The topological polar surface area (TPSA) is 0 Å². The Kier molecular flexibility index (Phi) is 6.68. The Labute approximate surface area is 73.7 Å². The van der Waals surface area contributed by atoms with Gasteiger partial charge in [0.2, 0.25) is 0 Å². The van der Waals surface area contributed by atoms with Crippen molar-refractivity contribution in [3.63, 3.8) is 0 Å². The Morgan fingerprint density at radius 1 is 1.56 bits per heavy atom. The minimum absolute atomic E-state index is 0.808. The maximum absolute atomic E-state index is 5.70. The fourth-order valence-corrected chi connectivity index (χ4v) is 3.56. The molecular weight excluding hydrogens is 241 g/mol. The molecule has 4 heteroatoms. The van der Waals surface area contributed by atoms with Crippen LogP contribution in [-0.4, -0.2) is 12.8 Å². The van der Waals surface area contributed by atoms with Gasteiger partial charge in [0.15, 0.2) is 0 Å². The monoisotopic (exact) mass is 248 g/mol. The van der Waals surface area contributed by atoms with Crippen molar-refractivity contribution in [2.75, 3.05) is 0 Å². The predicted molar refractivity (Wildman–Crippen MR) is 46.3 cm³/mol. The first-order valence-electron chi connectivity index (χ1n) is 2.63. The Hall–Kier alpha value is 1.17. The SMILES string of the molecule is CCCC(Cl)=C[As](Cl)Cl. The van der Waals surface area contributed by atoms with Crippen LogP contribution in [0.2, 0.25) is 0 Å². The molecule has 0 atom stereocenters. The summed E-state index contributed by atoms with van der Waals surface area (Å²) in [6.07, 6.45) is 1.94. The first kappa shape index (κ1) is 10.2. The molecule has 54 valence electrons. The summed E-state index contributed by atoms with van der Waals surface area (Å²) in [4.78, 5) is 1.78. The first-order chi connectivity index (χ1) is 4.16. The van der Waals surface area contributed by atoms with Crippen LogP contribution >= 0.6 is 31.5 Å². The van der Waals surface area contributed by atoms with Gasteiger partial charge in [0.05, 0.1) is 0 Å². The zero-order chi connectivity index (χ0) is 7.28. The van der Waals surface area contributed by atoms with Gasteiger partial charge in [-0.15, -0.1) is 0 Å². The van der Waals surface area contributed by atoms with E-state index in [2.05, 4.69) is 6.92 Å². The molecule has 0 nitrogen and oxygen atoms in total. The summed E-state index contributed by atoms with van der Waals surface area (Å²) in [5.74, 6) is 0. The van der Waals surface area contributed by atoms with E-state index in [1.165, 1.54) is 0 Å². The Balaban J connectivity index is 3.55. The minimum atomic E-state index is -1.67. The molecule has 0 radical (unpaired) electrons. The molecule has 0 spiro atoms. The Bertz CT molecular complexity index is 100. The van der Waals surface area contributed by atoms with Crippen molar-refractivity contribution in [2.24, 2.45) is 0 Å². The van der Waals surface area contributed by atoms with Crippen LogP contribution in [0.5, 0.6) is 0 Å². The second kappa shape index (κ2) is 5.92. The van der Waals surface area contributed by atoms with Crippen LogP contribution in [0.4, 0.5) is 0 Å². The van der Waals surface area contributed by atoms with Crippen LogP contribution in [0, 0.1) is 0 Å². The van der Waals surface area contributed by atoms with Gasteiger partial charge in [0.25, 0.3) is 0 Å². The first-order valence-corrected chi connectivity index (χ1v) is 9.03. The molecule has 0 fully saturated rings. The molecular formula is C5H8AsCl3. The molecule has 0 aromatic rings. The van der Waals surface area contributed by atoms with Gasteiger partial charge in [-0.05, 0) is 0 Å². The number of hydrogen-bond acceptors (Lipinski definition) is 0. The van der Waals surface area contributed by atoms with Gasteiger partial charge in [-0.2, -0.15) is 0 Å². The third kappa shape index (κ3) is 7.06. The molecule has 0 saturated carbocycles. The average Bonchev–Trinajstić information content (AvgIpc) is 1.63. The Morgan fingerprint density at radius 3 is 2.44 bits per heavy atom. The van der Waals surface area contributed by atoms with Crippen molar-refractivity contribution in [3.8, 4) is 0 Å². The molecule has 0 bridgehead atoms. The average molecular weight is 249 g/mol. The fourth-order valence-electron chi connectivity index (χ4n) is 0.409. The second-order valence-corrected chi connectivity index (χ2v) is 8.38. The van der Waals surface area contributed by atoms with E-state index < -0.39 is 12.8 Å². The predicted octanol–water partition coefficient (Wildman–Crippen LogP) is 3.41. The number of allylic oxidation sites excluding steroid dienone is 1. The third-order valence-electron chi connectivity index (χ3n) is 0.727. The summed E-state index contributed by atoms with van der Waals surface area (Å²) in [6.45, 7) is 2.07. The van der Waals surface area contributed by atoms with Crippen LogP contribution in [0.25, 0.3) is 0 Å². The van der Waals surface area contributed by atoms with Gasteiger partial charge in [-0.3, -0.25) is 0 Å². The normalized spacial score (nSPS) is 12.8. The Morgan fingerprint density at radius 2 is 2.11 bits per heavy atom. The molecule has 0 aromatic heterocycles. The van der Waals surface area contributed by atoms with Crippen LogP contribution in [0.1, 0.15) is 19.8 Å². The molecule has 0 aliphatic carbocycles. The fraction of sp³-hybridized carbons (Fsp3) is 0.600. The zero-order valence-electron chi connectivity index (χ0n) is 5.07. The van der Waals surface area contributed by atoms with Crippen LogP contribution in [0.3, 0.4) is 0 Å². The summed E-state index contributed by atoms with van der Waals surface area (Å²) in [5, 5.41) is 0.808. The standard InChI is InChI=1S/C5H8AsCl3/c1-2-3-5(7)4-6(8)9/h4H,2-3H2,1H3. The van der Waals surface area contributed by atoms with E-state index in [1.54, 1.807) is 4.86 Å². The summed E-state index contributed by atoms with van der Waals surface area (Å²) in [7, 11) is 11.1. The van der Waals surface area contributed by atoms with Gasteiger partial charge < -0.3 is 0 Å². The molecule has 9 heavy (non-hydrogen) atoms. The third-order valence-corrected chi connectivity index (χ3v) is 3.43. The van der Waals surface area contributed by atoms with Gasteiger partial charge in [0.1, 0.15) is 0 Å². The van der Waals surface area contributed by atoms with Crippen LogP contribution < -0.4 is 0 Å². The molecule has 0 unspecified atom stereocenters. The van der Waals surface area contributed by atoms with Gasteiger partial charge >= 0.3 is 73.9 Å². The summed E-state index contributed by atoms with van der Waals surface area (Å²) < 4.78 is 0. The number of halogens is 3. The van der Waals surface area contributed by atoms with E-state index in [-0.39, 0.29) is 0 Å². The second-order valence-electron chi connectivity index (χ2n) is 1.59. The molecule has 0 aliphatic heterocycles. The van der Waals surface area contributed by atoms with Crippen molar-refractivity contribution < 1.29 is 0 Å². The maximum atomic E-state index is 5.70.